The highest BCUT2D eigenvalue weighted by Gasteiger charge is 2.35. The number of rotatable bonds is 11. The van der Waals surface area contributed by atoms with E-state index in [-0.39, 0.29) is 0 Å². The SMILES string of the molecule is CCOC(=O)NCC(CCN(CC)CC)(c1ccccc1)c1cccc(OC)c1. The number of amides is 1. The van der Waals surface area contributed by atoms with E-state index >= 15 is 0 Å². The molecule has 0 radical (unpaired) electrons. The summed E-state index contributed by atoms with van der Waals surface area (Å²) >= 11 is 0. The Balaban J connectivity index is 2.51. The number of ether oxygens (including phenoxy) is 2. The number of alkyl carbamates (subject to hydrolysis) is 1. The molecule has 158 valence electrons. The maximum Gasteiger partial charge on any atom is 0.407 e. The molecule has 0 saturated heterocycles. The van der Waals surface area contributed by atoms with Crippen molar-refractivity contribution in [3.63, 3.8) is 0 Å². The number of nitrogens with one attached hydrogen (secondary N) is 1. The fourth-order valence-corrected chi connectivity index (χ4v) is 3.72. The Morgan fingerprint density at radius 3 is 2.31 bits per heavy atom. The van der Waals surface area contributed by atoms with Crippen molar-refractivity contribution in [2.75, 3.05) is 39.9 Å². The molecule has 2 rings (SSSR count). The lowest BCUT2D eigenvalue weighted by molar-refractivity contribution is 0.149. The van der Waals surface area contributed by atoms with E-state index < -0.39 is 11.5 Å². The quantitative estimate of drug-likeness (QED) is 0.607. The minimum absolute atomic E-state index is 0.350. The Bertz CT molecular complexity index is 747. The Kier molecular flexibility index (Phi) is 9.00. The van der Waals surface area contributed by atoms with E-state index in [1.54, 1.807) is 7.11 Å². The topological polar surface area (TPSA) is 50.8 Å². The number of methoxy groups -OCH3 is 1. The highest BCUT2D eigenvalue weighted by molar-refractivity contribution is 5.67. The van der Waals surface area contributed by atoms with Gasteiger partial charge in [0, 0.05) is 12.0 Å². The van der Waals surface area contributed by atoms with Crippen LogP contribution in [0, 0.1) is 0 Å². The van der Waals surface area contributed by atoms with Gasteiger partial charge >= 0.3 is 6.09 Å². The maximum absolute atomic E-state index is 12.2. The van der Waals surface area contributed by atoms with E-state index in [9.17, 15) is 4.79 Å². The predicted octanol–water partition coefficient (Wildman–Crippen LogP) is 4.46. The first kappa shape index (κ1) is 22.8. The average Bonchev–Trinajstić information content (AvgIpc) is 2.77. The summed E-state index contributed by atoms with van der Waals surface area (Å²) in [6, 6.07) is 18.5. The van der Waals surface area contributed by atoms with Crippen LogP contribution in [0.5, 0.6) is 5.75 Å². The van der Waals surface area contributed by atoms with Crippen LogP contribution in [0.3, 0.4) is 0 Å². The fourth-order valence-electron chi connectivity index (χ4n) is 3.72. The normalized spacial score (nSPS) is 13.0. The summed E-state index contributed by atoms with van der Waals surface area (Å²) in [7, 11) is 1.68. The van der Waals surface area contributed by atoms with Crippen molar-refractivity contribution in [1.82, 2.24) is 10.2 Å². The Morgan fingerprint density at radius 1 is 1.00 bits per heavy atom. The molecule has 0 saturated carbocycles. The zero-order valence-electron chi connectivity index (χ0n) is 18.1. The van der Waals surface area contributed by atoms with Crippen LogP contribution in [0.2, 0.25) is 0 Å². The molecule has 0 bridgehead atoms. The van der Waals surface area contributed by atoms with Crippen molar-refractivity contribution >= 4 is 6.09 Å². The molecule has 5 nitrogen and oxygen atoms in total. The predicted molar refractivity (Wildman–Crippen MR) is 118 cm³/mol. The number of hydrogen-bond acceptors (Lipinski definition) is 4. The molecule has 0 aliphatic rings. The second-order valence-electron chi connectivity index (χ2n) is 7.03. The molecular formula is C24H34N2O3. The average molecular weight is 399 g/mol. The van der Waals surface area contributed by atoms with Gasteiger partial charge in [0.2, 0.25) is 0 Å². The van der Waals surface area contributed by atoms with E-state index in [1.807, 2.05) is 37.3 Å². The van der Waals surface area contributed by atoms with Gasteiger partial charge in [-0.25, -0.2) is 4.79 Å². The van der Waals surface area contributed by atoms with E-state index in [0.717, 1.165) is 42.9 Å². The summed E-state index contributed by atoms with van der Waals surface area (Å²) in [5.41, 5.74) is 1.88. The van der Waals surface area contributed by atoms with Crippen LogP contribution < -0.4 is 10.1 Å². The molecule has 1 unspecified atom stereocenters. The number of carbonyl (C=O) groups is 1. The number of nitrogens with zero attached hydrogens (tertiary/aromatic N) is 1. The Labute approximate surface area is 175 Å². The molecule has 5 heteroatoms. The molecule has 1 N–H and O–H groups in total. The van der Waals surface area contributed by atoms with E-state index in [1.165, 1.54) is 0 Å². The summed E-state index contributed by atoms with van der Waals surface area (Å²) in [5, 5.41) is 3.00. The lowest BCUT2D eigenvalue weighted by Crippen LogP contribution is -2.44. The molecule has 0 aromatic heterocycles. The molecule has 0 heterocycles. The van der Waals surface area contributed by atoms with Crippen molar-refractivity contribution in [2.45, 2.75) is 32.6 Å². The molecule has 1 amide bonds. The van der Waals surface area contributed by atoms with Crippen LogP contribution in [0.4, 0.5) is 4.79 Å². The van der Waals surface area contributed by atoms with E-state index in [2.05, 4.69) is 48.3 Å². The van der Waals surface area contributed by atoms with Gasteiger partial charge < -0.3 is 19.7 Å². The number of benzene rings is 2. The van der Waals surface area contributed by atoms with E-state index in [4.69, 9.17) is 9.47 Å². The third kappa shape index (κ3) is 5.97. The highest BCUT2D eigenvalue weighted by Crippen LogP contribution is 2.37. The van der Waals surface area contributed by atoms with Gasteiger partial charge in [-0.15, -0.1) is 0 Å². The molecule has 0 fully saturated rings. The Morgan fingerprint density at radius 2 is 1.69 bits per heavy atom. The summed E-state index contributed by atoms with van der Waals surface area (Å²) in [5.74, 6) is 0.807. The number of hydrogen-bond donors (Lipinski definition) is 1. The summed E-state index contributed by atoms with van der Waals surface area (Å²) in [6.45, 7) is 9.87. The van der Waals surface area contributed by atoms with Gasteiger partial charge in [0.1, 0.15) is 5.75 Å². The minimum Gasteiger partial charge on any atom is -0.497 e. The van der Waals surface area contributed by atoms with Crippen molar-refractivity contribution in [1.29, 1.82) is 0 Å². The first-order valence-corrected chi connectivity index (χ1v) is 10.4. The molecule has 0 aliphatic heterocycles. The number of carbonyl (C=O) groups excluding carboxylic acids is 1. The zero-order valence-corrected chi connectivity index (χ0v) is 18.1. The summed E-state index contributed by atoms with van der Waals surface area (Å²) in [4.78, 5) is 14.6. The van der Waals surface area contributed by atoms with Crippen LogP contribution in [0.15, 0.2) is 54.6 Å². The zero-order chi connectivity index (χ0) is 21.1. The van der Waals surface area contributed by atoms with Gasteiger partial charge in [0.15, 0.2) is 0 Å². The van der Waals surface area contributed by atoms with Gasteiger partial charge in [0.25, 0.3) is 0 Å². The van der Waals surface area contributed by atoms with Crippen LogP contribution in [0.1, 0.15) is 38.3 Å². The third-order valence-electron chi connectivity index (χ3n) is 5.51. The lowest BCUT2D eigenvalue weighted by Gasteiger charge is -2.37. The third-order valence-corrected chi connectivity index (χ3v) is 5.51. The van der Waals surface area contributed by atoms with Gasteiger partial charge in [-0.2, -0.15) is 0 Å². The molecule has 0 spiro atoms. The van der Waals surface area contributed by atoms with Crippen molar-refractivity contribution in [2.24, 2.45) is 0 Å². The van der Waals surface area contributed by atoms with Crippen molar-refractivity contribution in [3.05, 3.63) is 65.7 Å². The van der Waals surface area contributed by atoms with Gasteiger partial charge in [-0.3, -0.25) is 0 Å². The largest absolute Gasteiger partial charge is 0.497 e. The van der Waals surface area contributed by atoms with Crippen LogP contribution in [-0.4, -0.2) is 50.9 Å². The summed E-state index contributed by atoms with van der Waals surface area (Å²) in [6.07, 6.45) is 0.469. The highest BCUT2D eigenvalue weighted by atomic mass is 16.5. The molecule has 2 aromatic carbocycles. The van der Waals surface area contributed by atoms with Crippen molar-refractivity contribution in [3.8, 4) is 5.75 Å². The molecule has 2 aromatic rings. The van der Waals surface area contributed by atoms with Crippen LogP contribution in [0.25, 0.3) is 0 Å². The monoisotopic (exact) mass is 398 g/mol. The fraction of sp³-hybridized carbons (Fsp3) is 0.458. The van der Waals surface area contributed by atoms with Crippen molar-refractivity contribution < 1.29 is 14.3 Å². The van der Waals surface area contributed by atoms with Gasteiger partial charge in [-0.1, -0.05) is 56.3 Å². The maximum atomic E-state index is 12.2. The molecule has 29 heavy (non-hydrogen) atoms. The first-order chi connectivity index (χ1) is 14.1. The van der Waals surface area contributed by atoms with Gasteiger partial charge in [0.05, 0.1) is 13.7 Å². The first-order valence-electron chi connectivity index (χ1n) is 10.4. The van der Waals surface area contributed by atoms with Crippen LogP contribution in [-0.2, 0) is 10.2 Å². The standard InChI is InChI=1S/C24H34N2O3/c1-5-26(6-2)17-16-24(19-25-23(27)29-7-3,20-12-9-8-10-13-20)21-14-11-15-22(18-21)28-4/h8-15,18H,5-7,16-17,19H2,1-4H3,(H,25,27). The molecule has 1 atom stereocenters. The smallest absolute Gasteiger partial charge is 0.407 e. The minimum atomic E-state index is -0.398. The second-order valence-corrected chi connectivity index (χ2v) is 7.03. The van der Waals surface area contributed by atoms with Gasteiger partial charge in [-0.05, 0) is 56.2 Å². The lowest BCUT2D eigenvalue weighted by atomic mass is 9.71. The summed E-state index contributed by atoms with van der Waals surface area (Å²) < 4.78 is 10.6. The molecule has 0 aliphatic carbocycles. The Hall–Kier alpha value is -2.53. The van der Waals surface area contributed by atoms with E-state index in [0.29, 0.717) is 13.2 Å². The second kappa shape index (κ2) is 11.5. The molecular weight excluding hydrogens is 364 g/mol. The van der Waals surface area contributed by atoms with Crippen LogP contribution >= 0.6 is 0 Å².